The number of fused-ring (bicyclic) bond motifs is 3. The molecule has 3 aromatic rings. The van der Waals surface area contributed by atoms with Crippen LogP contribution in [-0.4, -0.2) is 27.8 Å². The van der Waals surface area contributed by atoms with Gasteiger partial charge in [-0.25, -0.2) is 9.78 Å². The molecule has 8 heteroatoms. The van der Waals surface area contributed by atoms with Gasteiger partial charge in [0.25, 0.3) is 11.7 Å². The fourth-order valence-electron chi connectivity index (χ4n) is 2.83. The van der Waals surface area contributed by atoms with Gasteiger partial charge in [-0.15, -0.1) is 0 Å². The smallest absolute Gasteiger partial charge is 0.335 e. The fourth-order valence-corrected chi connectivity index (χ4v) is 3.02. The molecule has 0 radical (unpaired) electrons. The molecule has 4 rings (SSSR count). The number of aromatic carboxylic acids is 1. The maximum Gasteiger partial charge on any atom is 0.335 e. The van der Waals surface area contributed by atoms with Crippen molar-refractivity contribution in [3.63, 3.8) is 0 Å². The van der Waals surface area contributed by atoms with Gasteiger partial charge in [-0.2, -0.15) is 0 Å². The van der Waals surface area contributed by atoms with E-state index < -0.39 is 17.7 Å². The lowest BCUT2D eigenvalue weighted by molar-refractivity contribution is -0.112. The van der Waals surface area contributed by atoms with E-state index in [1.165, 1.54) is 18.2 Å². The van der Waals surface area contributed by atoms with Crippen LogP contribution in [0.25, 0.3) is 10.9 Å². The number of amides is 1. The maximum absolute atomic E-state index is 12.3. The monoisotopic (exact) mass is 367 g/mol. The molecule has 2 heterocycles. The van der Waals surface area contributed by atoms with Crippen LogP contribution in [0.3, 0.4) is 0 Å². The van der Waals surface area contributed by atoms with Crippen LogP contribution in [0.5, 0.6) is 0 Å². The Balaban J connectivity index is 1.94. The van der Waals surface area contributed by atoms with Gasteiger partial charge in [0.1, 0.15) is 5.82 Å². The third kappa shape index (κ3) is 2.55. The molecule has 26 heavy (non-hydrogen) atoms. The average Bonchev–Trinajstić information content (AvgIpc) is 2.90. The number of nitrogens with zero attached hydrogens (tertiary/aromatic N) is 1. The van der Waals surface area contributed by atoms with Crippen LogP contribution < -0.4 is 10.6 Å². The van der Waals surface area contributed by atoms with Gasteiger partial charge in [-0.3, -0.25) is 9.59 Å². The summed E-state index contributed by atoms with van der Waals surface area (Å²) >= 11 is 5.97. The summed E-state index contributed by atoms with van der Waals surface area (Å²) in [5, 5.41) is 15.7. The number of benzene rings is 2. The highest BCUT2D eigenvalue weighted by atomic mass is 35.5. The number of hydrogen-bond donors (Lipinski definition) is 3. The van der Waals surface area contributed by atoms with E-state index in [9.17, 15) is 19.5 Å². The fraction of sp³-hybridized carbons (Fsp3) is 0. The van der Waals surface area contributed by atoms with E-state index in [2.05, 4.69) is 15.6 Å². The Morgan fingerprint density at radius 3 is 2.69 bits per heavy atom. The van der Waals surface area contributed by atoms with Crippen LogP contribution in [0.15, 0.2) is 42.5 Å². The molecule has 1 amide bonds. The third-order valence-electron chi connectivity index (χ3n) is 3.99. The lowest BCUT2D eigenvalue weighted by atomic mass is 10.1. The number of rotatable bonds is 3. The Morgan fingerprint density at radius 1 is 1.15 bits per heavy atom. The van der Waals surface area contributed by atoms with Crippen LogP contribution in [-0.2, 0) is 4.79 Å². The van der Waals surface area contributed by atoms with E-state index in [1.54, 1.807) is 24.3 Å². The normalized spacial score (nSPS) is 12.8. The van der Waals surface area contributed by atoms with Gasteiger partial charge in [0.15, 0.2) is 0 Å². The van der Waals surface area contributed by atoms with E-state index >= 15 is 0 Å². The molecule has 0 saturated heterocycles. The SMILES string of the molecule is O=C1Nc2c(c(Nc3cccc(Cl)c3)nc3cc(C(=O)O)ccc23)C1=O. The summed E-state index contributed by atoms with van der Waals surface area (Å²) in [6, 6.07) is 11.1. The molecular weight excluding hydrogens is 358 g/mol. The van der Waals surface area contributed by atoms with Gasteiger partial charge in [-0.1, -0.05) is 17.7 Å². The molecule has 0 fully saturated rings. The van der Waals surface area contributed by atoms with Gasteiger partial charge in [-0.05, 0) is 36.4 Å². The Labute approximate surface area is 151 Å². The van der Waals surface area contributed by atoms with Crippen molar-refractivity contribution in [1.82, 2.24) is 4.98 Å². The number of anilines is 3. The quantitative estimate of drug-likeness (QED) is 0.612. The largest absolute Gasteiger partial charge is 0.478 e. The van der Waals surface area contributed by atoms with E-state index in [0.29, 0.717) is 27.3 Å². The standard InChI is InChI=1S/C18H10ClN3O4/c19-9-2-1-3-10(7-9)20-16-13-14(22-17(24)15(13)23)11-5-4-8(18(25)26)6-12(11)21-16/h1-7H,(H,20,21)(H,25,26)(H,22,23,24). The molecule has 0 saturated carbocycles. The number of Topliss-reactive ketones (excluding diaryl/α,β-unsaturated/α-hetero) is 1. The van der Waals surface area contributed by atoms with E-state index in [1.807, 2.05) is 0 Å². The van der Waals surface area contributed by atoms with Crippen molar-refractivity contribution in [1.29, 1.82) is 0 Å². The second kappa shape index (κ2) is 5.82. The Bertz CT molecular complexity index is 1130. The van der Waals surface area contributed by atoms with E-state index in [0.717, 1.165) is 0 Å². The molecule has 1 aromatic heterocycles. The van der Waals surface area contributed by atoms with Crippen molar-refractivity contribution in [2.45, 2.75) is 0 Å². The molecule has 128 valence electrons. The van der Waals surface area contributed by atoms with Gasteiger partial charge in [0, 0.05) is 16.1 Å². The first-order valence-electron chi connectivity index (χ1n) is 7.53. The van der Waals surface area contributed by atoms with Gasteiger partial charge < -0.3 is 15.7 Å². The highest BCUT2D eigenvalue weighted by molar-refractivity contribution is 6.54. The summed E-state index contributed by atoms with van der Waals surface area (Å²) < 4.78 is 0. The zero-order valence-electron chi connectivity index (χ0n) is 13.0. The summed E-state index contributed by atoms with van der Waals surface area (Å²) in [5.41, 5.74) is 1.39. The number of ketones is 1. The number of carboxylic acid groups (broad SMARTS) is 1. The van der Waals surface area contributed by atoms with Crippen LogP contribution in [0.1, 0.15) is 20.7 Å². The second-order valence-corrected chi connectivity index (χ2v) is 6.10. The number of carboxylic acids is 1. The molecule has 0 atom stereocenters. The van der Waals surface area contributed by atoms with Crippen molar-refractivity contribution in [2.24, 2.45) is 0 Å². The van der Waals surface area contributed by atoms with Crippen LogP contribution in [0, 0.1) is 0 Å². The first kappa shape index (κ1) is 16.0. The highest BCUT2D eigenvalue weighted by Gasteiger charge is 2.34. The third-order valence-corrected chi connectivity index (χ3v) is 4.23. The topological polar surface area (TPSA) is 108 Å². The lowest BCUT2D eigenvalue weighted by Gasteiger charge is -2.12. The Kier molecular flexibility index (Phi) is 3.59. The zero-order chi connectivity index (χ0) is 18.4. The number of halogens is 1. The number of pyridine rings is 1. The molecule has 0 unspecified atom stereocenters. The zero-order valence-corrected chi connectivity index (χ0v) is 13.8. The molecule has 2 aromatic carbocycles. The minimum Gasteiger partial charge on any atom is -0.478 e. The number of carbonyl (C=O) groups excluding carboxylic acids is 2. The second-order valence-electron chi connectivity index (χ2n) is 5.67. The highest BCUT2D eigenvalue weighted by Crippen LogP contribution is 2.37. The van der Waals surface area contributed by atoms with Crippen molar-refractivity contribution in [3.05, 3.63) is 58.6 Å². The van der Waals surface area contributed by atoms with Crippen LogP contribution in [0.4, 0.5) is 17.2 Å². The van der Waals surface area contributed by atoms with Crippen LogP contribution in [0.2, 0.25) is 5.02 Å². The van der Waals surface area contributed by atoms with E-state index in [4.69, 9.17) is 11.6 Å². The lowest BCUT2D eigenvalue weighted by Crippen LogP contribution is -2.13. The summed E-state index contributed by atoms with van der Waals surface area (Å²) in [6.45, 7) is 0. The summed E-state index contributed by atoms with van der Waals surface area (Å²) in [5.74, 6) is -2.41. The first-order chi connectivity index (χ1) is 12.4. The van der Waals surface area contributed by atoms with Crippen molar-refractivity contribution >= 4 is 57.4 Å². The number of nitrogens with one attached hydrogen (secondary N) is 2. The molecule has 0 bridgehead atoms. The summed E-state index contributed by atoms with van der Waals surface area (Å²) in [4.78, 5) is 39.7. The Morgan fingerprint density at radius 2 is 1.96 bits per heavy atom. The molecule has 1 aliphatic heterocycles. The summed E-state index contributed by atoms with van der Waals surface area (Å²) in [7, 11) is 0. The van der Waals surface area contributed by atoms with Crippen molar-refractivity contribution < 1.29 is 19.5 Å². The molecular formula is C18H10ClN3O4. The number of carbonyl (C=O) groups is 3. The Hall–Kier alpha value is -3.45. The van der Waals surface area contributed by atoms with Crippen molar-refractivity contribution in [3.8, 4) is 0 Å². The van der Waals surface area contributed by atoms with Crippen LogP contribution >= 0.6 is 11.6 Å². The van der Waals surface area contributed by atoms with E-state index in [-0.39, 0.29) is 16.9 Å². The molecule has 0 spiro atoms. The van der Waals surface area contributed by atoms with Gasteiger partial charge in [0.05, 0.1) is 22.3 Å². The predicted octanol–water partition coefficient (Wildman–Crippen LogP) is 3.46. The molecule has 3 N–H and O–H groups in total. The number of hydrogen-bond acceptors (Lipinski definition) is 5. The summed E-state index contributed by atoms with van der Waals surface area (Å²) in [6.07, 6.45) is 0. The maximum atomic E-state index is 12.3. The minimum absolute atomic E-state index is 0.0503. The average molecular weight is 368 g/mol. The minimum atomic E-state index is -1.10. The number of aromatic nitrogens is 1. The molecule has 7 nitrogen and oxygen atoms in total. The predicted molar refractivity (Wildman–Crippen MR) is 96.4 cm³/mol. The van der Waals surface area contributed by atoms with Gasteiger partial charge in [0.2, 0.25) is 0 Å². The first-order valence-corrected chi connectivity index (χ1v) is 7.91. The molecule has 1 aliphatic rings. The molecule has 0 aliphatic carbocycles. The van der Waals surface area contributed by atoms with Gasteiger partial charge >= 0.3 is 5.97 Å². The van der Waals surface area contributed by atoms with Crippen molar-refractivity contribution in [2.75, 3.05) is 10.6 Å².